The number of carbonyl (C=O) groups excluding carboxylic acids is 2. The van der Waals surface area contributed by atoms with Gasteiger partial charge in [0.15, 0.2) is 0 Å². The number of hydrogen-bond acceptors (Lipinski definition) is 5. The number of esters is 1. The molecule has 1 heterocycles. The van der Waals surface area contributed by atoms with Crippen molar-refractivity contribution in [3.05, 3.63) is 23.3 Å². The highest BCUT2D eigenvalue weighted by Gasteiger charge is 2.49. The fourth-order valence-electron chi connectivity index (χ4n) is 5.79. The molecule has 0 aromatic heterocycles. The number of phenols is 1. The molecule has 3 atom stereocenters. The molecular formula is C28H42O5. The number of unbranched alkanes of at least 4 members (excludes halogenated alkanes) is 3. The number of ether oxygens (including phenoxy) is 2. The summed E-state index contributed by atoms with van der Waals surface area (Å²) in [6.45, 7) is 12.8. The summed E-state index contributed by atoms with van der Waals surface area (Å²) < 4.78 is 11.7. The maximum Gasteiger partial charge on any atom is 0.316 e. The molecule has 0 radical (unpaired) electrons. The molecule has 0 bridgehead atoms. The van der Waals surface area contributed by atoms with Crippen LogP contribution < -0.4 is 4.74 Å². The predicted octanol–water partition coefficient (Wildman–Crippen LogP) is 6.44. The van der Waals surface area contributed by atoms with Crippen molar-refractivity contribution in [3.8, 4) is 11.5 Å². The summed E-state index contributed by atoms with van der Waals surface area (Å²) in [5, 5.41) is 11.2. The first-order valence-corrected chi connectivity index (χ1v) is 12.8. The van der Waals surface area contributed by atoms with E-state index in [2.05, 4.69) is 40.7 Å². The van der Waals surface area contributed by atoms with E-state index in [4.69, 9.17) is 9.47 Å². The molecule has 33 heavy (non-hydrogen) atoms. The van der Waals surface area contributed by atoms with E-state index in [1.54, 1.807) is 6.92 Å². The van der Waals surface area contributed by atoms with E-state index in [1.807, 2.05) is 6.07 Å². The van der Waals surface area contributed by atoms with Gasteiger partial charge < -0.3 is 14.6 Å². The van der Waals surface area contributed by atoms with Gasteiger partial charge in [-0.2, -0.15) is 0 Å². The second-order valence-corrected chi connectivity index (χ2v) is 11.1. The summed E-state index contributed by atoms with van der Waals surface area (Å²) in [4.78, 5) is 25.5. The van der Waals surface area contributed by atoms with Crippen LogP contribution in [0.5, 0.6) is 11.5 Å². The number of phenolic OH excluding ortho intramolecular Hbond substituents is 1. The van der Waals surface area contributed by atoms with Crippen LogP contribution in [0.25, 0.3) is 0 Å². The van der Waals surface area contributed by atoms with E-state index in [9.17, 15) is 14.7 Å². The molecule has 1 unspecified atom stereocenters. The molecule has 1 aromatic carbocycles. The third-order valence-corrected chi connectivity index (χ3v) is 7.83. The van der Waals surface area contributed by atoms with Crippen LogP contribution in [0.3, 0.4) is 0 Å². The molecule has 184 valence electrons. The SMILES string of the molecule is CCCCCCC(C)(C)c1cc(O)c2c(c1)OC(C)(C)[C@@H]1CCC(C(=O)OCC)C(=O)C[C@@H]21. The number of fused-ring (bicyclic) bond motifs is 3. The molecule has 1 saturated carbocycles. The van der Waals surface area contributed by atoms with Gasteiger partial charge in [-0.3, -0.25) is 9.59 Å². The van der Waals surface area contributed by atoms with Gasteiger partial charge in [0.05, 0.1) is 6.61 Å². The lowest BCUT2D eigenvalue weighted by Gasteiger charge is -2.45. The predicted molar refractivity (Wildman–Crippen MR) is 130 cm³/mol. The molecule has 1 aliphatic heterocycles. The normalized spacial score (nSPS) is 24.3. The zero-order valence-corrected chi connectivity index (χ0v) is 21.3. The van der Waals surface area contributed by atoms with Crippen molar-refractivity contribution < 1.29 is 24.2 Å². The summed E-state index contributed by atoms with van der Waals surface area (Å²) >= 11 is 0. The number of carbonyl (C=O) groups is 2. The maximum atomic E-state index is 13.1. The maximum absolute atomic E-state index is 13.1. The van der Waals surface area contributed by atoms with Crippen molar-refractivity contribution in [1.29, 1.82) is 0 Å². The van der Waals surface area contributed by atoms with Gasteiger partial charge in [0.1, 0.15) is 28.8 Å². The van der Waals surface area contributed by atoms with E-state index in [0.29, 0.717) is 18.6 Å². The van der Waals surface area contributed by atoms with Crippen LogP contribution in [0.4, 0.5) is 0 Å². The highest BCUT2D eigenvalue weighted by atomic mass is 16.5. The van der Waals surface area contributed by atoms with Crippen LogP contribution in [0.15, 0.2) is 12.1 Å². The first kappa shape index (κ1) is 25.6. The number of rotatable bonds is 8. The van der Waals surface area contributed by atoms with Crippen LogP contribution in [-0.2, 0) is 19.7 Å². The summed E-state index contributed by atoms with van der Waals surface area (Å²) in [5.74, 6) is -0.492. The average molecular weight is 459 g/mol. The highest BCUT2D eigenvalue weighted by molar-refractivity contribution is 5.99. The molecule has 0 amide bonds. The molecule has 2 aliphatic rings. The second-order valence-electron chi connectivity index (χ2n) is 11.1. The lowest BCUT2D eigenvalue weighted by Crippen LogP contribution is -2.44. The fraction of sp³-hybridized carbons (Fsp3) is 0.714. The Bertz CT molecular complexity index is 869. The van der Waals surface area contributed by atoms with Crippen molar-refractivity contribution in [1.82, 2.24) is 0 Å². The molecule has 5 nitrogen and oxygen atoms in total. The minimum atomic E-state index is -0.724. The summed E-state index contributed by atoms with van der Waals surface area (Å²) in [6, 6.07) is 3.95. The van der Waals surface area contributed by atoms with Crippen molar-refractivity contribution in [2.75, 3.05) is 6.61 Å². The molecule has 0 spiro atoms. The van der Waals surface area contributed by atoms with Gasteiger partial charge in [0.2, 0.25) is 0 Å². The summed E-state index contributed by atoms with van der Waals surface area (Å²) in [7, 11) is 0. The Balaban J connectivity index is 1.93. The Kier molecular flexibility index (Phi) is 7.80. The standard InChI is InChI=1S/C28H42O5/c1-7-9-10-11-14-27(3,4)18-15-23(30)25-20-17-22(29)19(26(31)32-8-2)12-13-21(20)28(5,6)33-24(25)16-18/h15-16,19-21,30H,7-14,17H2,1-6H3/t19?,20-,21-/m1/s1. The third kappa shape index (κ3) is 5.38. The van der Waals surface area contributed by atoms with Gasteiger partial charge in [-0.1, -0.05) is 46.5 Å². The molecular weight excluding hydrogens is 416 g/mol. The Labute approximate surface area is 199 Å². The van der Waals surface area contributed by atoms with Gasteiger partial charge in [0, 0.05) is 23.8 Å². The number of hydrogen-bond donors (Lipinski definition) is 1. The van der Waals surface area contributed by atoms with Gasteiger partial charge in [0.25, 0.3) is 0 Å². The van der Waals surface area contributed by atoms with Gasteiger partial charge in [-0.25, -0.2) is 0 Å². The Morgan fingerprint density at radius 3 is 2.58 bits per heavy atom. The number of ketones is 1. The summed E-state index contributed by atoms with van der Waals surface area (Å²) in [5.41, 5.74) is 1.20. The number of benzene rings is 1. The van der Waals surface area contributed by atoms with Crippen LogP contribution in [0.1, 0.15) is 110 Å². The van der Waals surface area contributed by atoms with Crippen LogP contribution in [-0.4, -0.2) is 29.1 Å². The molecule has 1 aliphatic carbocycles. The largest absolute Gasteiger partial charge is 0.508 e. The van der Waals surface area contributed by atoms with Gasteiger partial charge >= 0.3 is 5.97 Å². The minimum Gasteiger partial charge on any atom is -0.508 e. The van der Waals surface area contributed by atoms with Crippen molar-refractivity contribution in [2.24, 2.45) is 11.8 Å². The number of Topliss-reactive ketones (excluding diaryl/α,β-unsaturated/α-hetero) is 1. The summed E-state index contributed by atoms with van der Waals surface area (Å²) in [6.07, 6.45) is 7.23. The van der Waals surface area contributed by atoms with Crippen LogP contribution in [0.2, 0.25) is 0 Å². The zero-order chi connectivity index (χ0) is 24.4. The van der Waals surface area contributed by atoms with Crippen molar-refractivity contribution in [3.63, 3.8) is 0 Å². The Morgan fingerprint density at radius 2 is 1.91 bits per heavy atom. The molecule has 1 N–H and O–H groups in total. The lowest BCUT2D eigenvalue weighted by molar-refractivity contribution is -0.151. The smallest absolute Gasteiger partial charge is 0.316 e. The van der Waals surface area contributed by atoms with E-state index in [0.717, 1.165) is 24.0 Å². The molecule has 3 rings (SSSR count). The average Bonchev–Trinajstić information content (AvgIpc) is 2.90. The first-order valence-electron chi connectivity index (χ1n) is 12.8. The van der Waals surface area contributed by atoms with Crippen molar-refractivity contribution >= 4 is 11.8 Å². The minimum absolute atomic E-state index is 0.0344. The van der Waals surface area contributed by atoms with Gasteiger partial charge in [-0.05, 0) is 63.1 Å². The van der Waals surface area contributed by atoms with Crippen LogP contribution in [0, 0.1) is 11.8 Å². The monoisotopic (exact) mass is 458 g/mol. The van der Waals surface area contributed by atoms with E-state index in [-0.39, 0.29) is 41.8 Å². The Morgan fingerprint density at radius 1 is 1.18 bits per heavy atom. The number of aromatic hydroxyl groups is 1. The molecule has 1 aromatic rings. The third-order valence-electron chi connectivity index (χ3n) is 7.83. The molecule has 0 saturated heterocycles. The lowest BCUT2D eigenvalue weighted by atomic mass is 9.70. The highest BCUT2D eigenvalue weighted by Crippen LogP contribution is 2.54. The van der Waals surface area contributed by atoms with E-state index >= 15 is 0 Å². The Hall–Kier alpha value is -2.04. The van der Waals surface area contributed by atoms with E-state index in [1.165, 1.54) is 19.3 Å². The van der Waals surface area contributed by atoms with Crippen LogP contribution >= 0.6 is 0 Å². The topological polar surface area (TPSA) is 72.8 Å². The zero-order valence-electron chi connectivity index (χ0n) is 21.3. The second kappa shape index (κ2) is 10.1. The van der Waals surface area contributed by atoms with Crippen molar-refractivity contribution in [2.45, 2.75) is 110 Å². The quantitative estimate of drug-likeness (QED) is 0.275. The fourth-order valence-corrected chi connectivity index (χ4v) is 5.79. The molecule has 5 heteroatoms. The van der Waals surface area contributed by atoms with Gasteiger partial charge in [-0.15, -0.1) is 0 Å². The first-order chi connectivity index (χ1) is 15.5. The molecule has 1 fully saturated rings. The van der Waals surface area contributed by atoms with E-state index < -0.39 is 17.5 Å².